The molecule has 1 aliphatic heterocycles. The molecule has 0 bridgehead atoms. The van der Waals surface area contributed by atoms with Crippen LogP contribution in [0.15, 0.2) is 45.9 Å². The molecule has 0 amide bonds. The van der Waals surface area contributed by atoms with E-state index < -0.39 is 10.0 Å². The van der Waals surface area contributed by atoms with E-state index in [2.05, 4.69) is 12.1 Å². The van der Waals surface area contributed by atoms with E-state index in [1.807, 2.05) is 0 Å². The minimum Gasteiger partial charge on any atom is -0.356 e. The van der Waals surface area contributed by atoms with Gasteiger partial charge in [0.1, 0.15) is 0 Å². The normalized spacial score (nSPS) is 18.0. The highest BCUT2D eigenvalue weighted by molar-refractivity contribution is 7.89. The van der Waals surface area contributed by atoms with Crippen LogP contribution in [0.3, 0.4) is 0 Å². The van der Waals surface area contributed by atoms with Crippen LogP contribution >= 0.6 is 0 Å². The van der Waals surface area contributed by atoms with E-state index in [0.29, 0.717) is 29.7 Å². The molecule has 1 aromatic heterocycles. The molecule has 3 rings (SSSR count). The Bertz CT molecular complexity index is 685. The van der Waals surface area contributed by atoms with Crippen LogP contribution in [-0.2, 0) is 10.0 Å². The van der Waals surface area contributed by atoms with Gasteiger partial charge in [0.2, 0.25) is 10.0 Å². The molecule has 1 fully saturated rings. The summed E-state index contributed by atoms with van der Waals surface area (Å²) in [6.45, 7) is 3.37. The molecular weight excluding hydrogens is 288 g/mol. The largest absolute Gasteiger partial charge is 0.356 e. The van der Waals surface area contributed by atoms with Gasteiger partial charge in [-0.15, -0.1) is 0 Å². The van der Waals surface area contributed by atoms with Crippen molar-refractivity contribution < 1.29 is 12.9 Å². The van der Waals surface area contributed by atoms with Crippen molar-refractivity contribution in [1.82, 2.24) is 9.46 Å². The molecule has 6 heteroatoms. The predicted octanol–water partition coefficient (Wildman–Crippen LogP) is 2.76. The fourth-order valence-corrected chi connectivity index (χ4v) is 4.00. The zero-order valence-electron chi connectivity index (χ0n) is 11.9. The predicted molar refractivity (Wildman–Crippen MR) is 79.1 cm³/mol. The number of rotatable bonds is 3. The summed E-state index contributed by atoms with van der Waals surface area (Å²) in [7, 11) is -3.38. The summed E-state index contributed by atoms with van der Waals surface area (Å²) in [5.74, 6) is 1.23. The van der Waals surface area contributed by atoms with Crippen molar-refractivity contribution in [1.29, 1.82) is 0 Å². The molecule has 5 nitrogen and oxygen atoms in total. The number of hydrogen-bond acceptors (Lipinski definition) is 4. The van der Waals surface area contributed by atoms with Gasteiger partial charge in [-0.05, 0) is 43.0 Å². The molecule has 0 N–H and O–H groups in total. The lowest BCUT2D eigenvalue weighted by Gasteiger charge is -2.29. The first-order chi connectivity index (χ1) is 10.1. The number of sulfonamides is 1. The molecule has 0 radical (unpaired) electrons. The molecule has 0 unspecified atom stereocenters. The minimum atomic E-state index is -3.38. The van der Waals surface area contributed by atoms with E-state index in [4.69, 9.17) is 4.52 Å². The smallest absolute Gasteiger partial charge is 0.243 e. The molecule has 21 heavy (non-hydrogen) atoms. The van der Waals surface area contributed by atoms with Crippen LogP contribution in [-0.4, -0.2) is 31.0 Å². The average molecular weight is 306 g/mol. The summed E-state index contributed by atoms with van der Waals surface area (Å²) >= 11 is 0. The van der Waals surface area contributed by atoms with Crippen molar-refractivity contribution in [2.75, 3.05) is 13.1 Å². The van der Waals surface area contributed by atoms with E-state index >= 15 is 0 Å². The van der Waals surface area contributed by atoms with Crippen molar-refractivity contribution in [3.05, 3.63) is 36.5 Å². The van der Waals surface area contributed by atoms with Crippen molar-refractivity contribution in [3.63, 3.8) is 0 Å². The van der Waals surface area contributed by atoms with Crippen molar-refractivity contribution >= 4 is 10.0 Å². The molecule has 1 aliphatic rings. The SMILES string of the molecule is CC1CCN(S(=O)(=O)c2ccc(-c3ccno3)cc2)CC1. The van der Waals surface area contributed by atoms with E-state index in [0.717, 1.165) is 18.4 Å². The van der Waals surface area contributed by atoms with Gasteiger partial charge in [-0.3, -0.25) is 0 Å². The van der Waals surface area contributed by atoms with Gasteiger partial charge < -0.3 is 4.52 Å². The van der Waals surface area contributed by atoms with Crippen LogP contribution in [0, 0.1) is 5.92 Å². The Morgan fingerprint density at radius 2 is 1.81 bits per heavy atom. The number of hydrogen-bond donors (Lipinski definition) is 0. The maximum atomic E-state index is 12.6. The zero-order chi connectivity index (χ0) is 14.9. The maximum absolute atomic E-state index is 12.6. The van der Waals surface area contributed by atoms with E-state index in [1.54, 1.807) is 40.8 Å². The van der Waals surface area contributed by atoms with Crippen molar-refractivity contribution in [3.8, 4) is 11.3 Å². The van der Waals surface area contributed by atoms with Gasteiger partial charge >= 0.3 is 0 Å². The maximum Gasteiger partial charge on any atom is 0.243 e. The second-order valence-corrected chi connectivity index (χ2v) is 7.43. The Kier molecular flexibility index (Phi) is 3.82. The van der Waals surface area contributed by atoms with Crippen LogP contribution in [0.25, 0.3) is 11.3 Å². The lowest BCUT2D eigenvalue weighted by atomic mass is 10.0. The zero-order valence-corrected chi connectivity index (χ0v) is 12.7. The van der Waals surface area contributed by atoms with Gasteiger partial charge in [0.25, 0.3) is 0 Å². The summed E-state index contributed by atoms with van der Waals surface area (Å²) in [4.78, 5) is 0.334. The average Bonchev–Trinajstić information content (AvgIpc) is 3.02. The topological polar surface area (TPSA) is 63.4 Å². The Balaban J connectivity index is 1.83. The van der Waals surface area contributed by atoms with Crippen LogP contribution in [0.1, 0.15) is 19.8 Å². The Labute approximate surface area is 124 Å². The highest BCUT2D eigenvalue weighted by Gasteiger charge is 2.27. The second kappa shape index (κ2) is 5.61. The number of nitrogens with zero attached hydrogens (tertiary/aromatic N) is 2. The molecule has 112 valence electrons. The third-order valence-corrected chi connectivity index (χ3v) is 5.87. The van der Waals surface area contributed by atoms with Crippen LogP contribution < -0.4 is 0 Å². The van der Waals surface area contributed by atoms with Gasteiger partial charge in [-0.25, -0.2) is 8.42 Å². The lowest BCUT2D eigenvalue weighted by Crippen LogP contribution is -2.37. The molecule has 0 atom stereocenters. The van der Waals surface area contributed by atoms with Gasteiger partial charge in [-0.1, -0.05) is 12.1 Å². The Morgan fingerprint density at radius 1 is 1.14 bits per heavy atom. The molecule has 0 saturated carbocycles. The highest BCUT2D eigenvalue weighted by atomic mass is 32.2. The molecular formula is C15H18N2O3S. The number of piperidine rings is 1. The molecule has 1 saturated heterocycles. The third kappa shape index (κ3) is 2.87. The lowest BCUT2D eigenvalue weighted by molar-refractivity contribution is 0.288. The first-order valence-electron chi connectivity index (χ1n) is 7.08. The van der Waals surface area contributed by atoms with E-state index in [-0.39, 0.29) is 0 Å². The first-order valence-corrected chi connectivity index (χ1v) is 8.52. The Morgan fingerprint density at radius 3 is 2.38 bits per heavy atom. The fourth-order valence-electron chi connectivity index (χ4n) is 2.53. The van der Waals surface area contributed by atoms with Crippen molar-refractivity contribution in [2.45, 2.75) is 24.7 Å². The molecule has 0 spiro atoms. The summed E-state index contributed by atoms with van der Waals surface area (Å²) < 4.78 is 31.8. The fraction of sp³-hybridized carbons (Fsp3) is 0.400. The quantitative estimate of drug-likeness (QED) is 0.874. The van der Waals surface area contributed by atoms with Gasteiger partial charge in [0, 0.05) is 24.7 Å². The van der Waals surface area contributed by atoms with Crippen LogP contribution in [0.4, 0.5) is 0 Å². The van der Waals surface area contributed by atoms with Crippen LogP contribution in [0.5, 0.6) is 0 Å². The standard InChI is InChI=1S/C15H18N2O3S/c1-12-7-10-17(11-8-12)21(18,19)14-4-2-13(3-5-14)15-6-9-16-20-15/h2-6,9,12H,7-8,10-11H2,1H3. The number of benzene rings is 1. The molecule has 2 aromatic rings. The summed E-state index contributed by atoms with van der Waals surface area (Å²) in [5, 5.41) is 3.65. The summed E-state index contributed by atoms with van der Waals surface area (Å²) in [6, 6.07) is 8.51. The van der Waals surface area contributed by atoms with E-state index in [1.165, 1.54) is 0 Å². The Hall–Kier alpha value is -1.66. The molecule has 1 aromatic carbocycles. The van der Waals surface area contributed by atoms with Gasteiger partial charge in [0.05, 0.1) is 11.1 Å². The monoisotopic (exact) mass is 306 g/mol. The van der Waals surface area contributed by atoms with Gasteiger partial charge in [-0.2, -0.15) is 4.31 Å². The second-order valence-electron chi connectivity index (χ2n) is 5.49. The molecule has 0 aliphatic carbocycles. The summed E-state index contributed by atoms with van der Waals surface area (Å²) in [5.41, 5.74) is 0.818. The third-order valence-electron chi connectivity index (χ3n) is 3.96. The van der Waals surface area contributed by atoms with Crippen LogP contribution in [0.2, 0.25) is 0 Å². The van der Waals surface area contributed by atoms with E-state index in [9.17, 15) is 8.42 Å². The summed E-state index contributed by atoms with van der Waals surface area (Å²) in [6.07, 6.45) is 3.42. The van der Waals surface area contributed by atoms with Crippen molar-refractivity contribution in [2.24, 2.45) is 5.92 Å². The number of aromatic nitrogens is 1. The first kappa shape index (κ1) is 14.3. The van der Waals surface area contributed by atoms with Gasteiger partial charge in [0.15, 0.2) is 5.76 Å². The minimum absolute atomic E-state index is 0.334. The highest BCUT2D eigenvalue weighted by Crippen LogP contribution is 2.25. The molecule has 2 heterocycles.